The average Bonchev–Trinajstić information content (AvgIpc) is 3.10. The highest BCUT2D eigenvalue weighted by Crippen LogP contribution is 2.27. The van der Waals surface area contributed by atoms with E-state index < -0.39 is 5.97 Å². The third kappa shape index (κ3) is 2.65. The minimum Gasteiger partial charge on any atom is -0.493 e. The van der Waals surface area contributed by atoms with Gasteiger partial charge in [-0.3, -0.25) is 9.36 Å². The molecule has 0 fully saturated rings. The van der Waals surface area contributed by atoms with Gasteiger partial charge in [-0.15, -0.1) is 0 Å². The molecule has 3 aromatic rings. The summed E-state index contributed by atoms with van der Waals surface area (Å²) in [4.78, 5) is 29.5. The van der Waals surface area contributed by atoms with E-state index in [1.165, 1.54) is 7.11 Å². The molecule has 2 heterocycles. The Morgan fingerprint density at radius 1 is 1.16 bits per heavy atom. The van der Waals surface area contributed by atoms with Crippen molar-refractivity contribution in [2.45, 2.75) is 19.4 Å². The fourth-order valence-corrected chi connectivity index (χ4v) is 3.07. The SMILES string of the molecule is COc1ccccc1OC(=O)c1ccc2c(=O)n3c(nc2c1)CCC3. The Balaban J connectivity index is 1.71. The van der Waals surface area contributed by atoms with Crippen LogP contribution in [0.25, 0.3) is 10.9 Å². The van der Waals surface area contributed by atoms with Gasteiger partial charge in [-0.05, 0) is 36.8 Å². The van der Waals surface area contributed by atoms with Gasteiger partial charge in [0.1, 0.15) is 5.82 Å². The summed E-state index contributed by atoms with van der Waals surface area (Å²) in [7, 11) is 1.51. The van der Waals surface area contributed by atoms with Gasteiger partial charge >= 0.3 is 5.97 Å². The van der Waals surface area contributed by atoms with Crippen molar-refractivity contribution in [1.29, 1.82) is 0 Å². The zero-order valence-electron chi connectivity index (χ0n) is 13.7. The van der Waals surface area contributed by atoms with Crippen LogP contribution in [0.2, 0.25) is 0 Å². The number of carbonyl (C=O) groups excluding carboxylic acids is 1. The number of para-hydroxylation sites is 2. The number of esters is 1. The molecular formula is C19H16N2O4. The smallest absolute Gasteiger partial charge is 0.343 e. The lowest BCUT2D eigenvalue weighted by Crippen LogP contribution is -2.21. The molecule has 4 rings (SSSR count). The molecule has 0 unspecified atom stereocenters. The molecule has 0 saturated carbocycles. The van der Waals surface area contributed by atoms with Crippen LogP contribution in [0.4, 0.5) is 0 Å². The molecule has 6 heteroatoms. The summed E-state index contributed by atoms with van der Waals surface area (Å²) in [5, 5.41) is 0.513. The molecule has 1 aliphatic rings. The van der Waals surface area contributed by atoms with Gasteiger partial charge in [-0.1, -0.05) is 12.1 Å². The van der Waals surface area contributed by atoms with Crippen LogP contribution in [0.3, 0.4) is 0 Å². The van der Waals surface area contributed by atoms with E-state index in [1.807, 2.05) is 0 Å². The lowest BCUT2D eigenvalue weighted by atomic mass is 10.1. The Hall–Kier alpha value is -3.15. The molecule has 2 aromatic carbocycles. The second kappa shape index (κ2) is 6.05. The molecule has 0 bridgehead atoms. The first-order chi connectivity index (χ1) is 12.2. The summed E-state index contributed by atoms with van der Waals surface area (Å²) < 4.78 is 12.3. The lowest BCUT2D eigenvalue weighted by Gasteiger charge is -2.09. The molecule has 1 aliphatic heterocycles. The maximum atomic E-state index is 12.5. The van der Waals surface area contributed by atoms with Gasteiger partial charge in [0.15, 0.2) is 11.5 Å². The van der Waals surface area contributed by atoms with Gasteiger partial charge in [0.2, 0.25) is 0 Å². The number of hydrogen-bond donors (Lipinski definition) is 0. The van der Waals surface area contributed by atoms with Crippen LogP contribution >= 0.6 is 0 Å². The van der Waals surface area contributed by atoms with E-state index in [2.05, 4.69) is 4.98 Å². The van der Waals surface area contributed by atoms with Gasteiger partial charge < -0.3 is 9.47 Å². The van der Waals surface area contributed by atoms with Crippen LogP contribution in [0, 0.1) is 0 Å². The van der Waals surface area contributed by atoms with Gasteiger partial charge in [0, 0.05) is 13.0 Å². The molecule has 1 aromatic heterocycles. The van der Waals surface area contributed by atoms with Crippen molar-refractivity contribution in [1.82, 2.24) is 9.55 Å². The van der Waals surface area contributed by atoms with E-state index >= 15 is 0 Å². The number of carbonyl (C=O) groups is 1. The minimum atomic E-state index is -0.520. The fraction of sp³-hybridized carbons (Fsp3) is 0.211. The first-order valence-electron chi connectivity index (χ1n) is 8.06. The third-order valence-electron chi connectivity index (χ3n) is 4.32. The van der Waals surface area contributed by atoms with Crippen LogP contribution in [-0.4, -0.2) is 22.6 Å². The first-order valence-corrected chi connectivity index (χ1v) is 8.06. The van der Waals surface area contributed by atoms with Crippen molar-refractivity contribution >= 4 is 16.9 Å². The van der Waals surface area contributed by atoms with E-state index in [0.29, 0.717) is 34.5 Å². The fourth-order valence-electron chi connectivity index (χ4n) is 3.07. The monoisotopic (exact) mass is 336 g/mol. The Morgan fingerprint density at radius 2 is 1.96 bits per heavy atom. The Kier molecular flexibility index (Phi) is 3.72. The van der Waals surface area contributed by atoms with Gasteiger partial charge in [-0.2, -0.15) is 0 Å². The summed E-state index contributed by atoms with van der Waals surface area (Å²) in [6.45, 7) is 0.703. The van der Waals surface area contributed by atoms with Crippen molar-refractivity contribution in [3.63, 3.8) is 0 Å². The van der Waals surface area contributed by atoms with Gasteiger partial charge in [0.05, 0.1) is 23.6 Å². The van der Waals surface area contributed by atoms with E-state index in [9.17, 15) is 9.59 Å². The molecule has 126 valence electrons. The molecule has 0 saturated heterocycles. The quantitative estimate of drug-likeness (QED) is 0.543. The highest BCUT2D eigenvalue weighted by atomic mass is 16.6. The van der Waals surface area contributed by atoms with Crippen LogP contribution < -0.4 is 15.0 Å². The summed E-state index contributed by atoms with van der Waals surface area (Å²) in [5.41, 5.74) is 0.808. The van der Waals surface area contributed by atoms with Gasteiger partial charge in [0.25, 0.3) is 5.56 Å². The normalized spacial score (nSPS) is 12.8. The molecule has 6 nitrogen and oxygen atoms in total. The number of ether oxygens (including phenoxy) is 2. The Labute approximate surface area is 143 Å². The molecule has 0 radical (unpaired) electrons. The molecule has 25 heavy (non-hydrogen) atoms. The number of aryl methyl sites for hydroxylation is 1. The number of rotatable bonds is 3. The molecular weight excluding hydrogens is 320 g/mol. The second-order valence-electron chi connectivity index (χ2n) is 5.86. The number of methoxy groups -OCH3 is 1. The van der Waals surface area contributed by atoms with Crippen molar-refractivity contribution in [3.05, 3.63) is 64.2 Å². The van der Waals surface area contributed by atoms with Crippen molar-refractivity contribution in [2.24, 2.45) is 0 Å². The van der Waals surface area contributed by atoms with E-state index in [0.717, 1.165) is 18.7 Å². The molecule has 0 aliphatic carbocycles. The summed E-state index contributed by atoms with van der Waals surface area (Å²) in [5.74, 6) is 1.07. The maximum absolute atomic E-state index is 12.5. The van der Waals surface area contributed by atoms with E-state index in [4.69, 9.17) is 9.47 Å². The van der Waals surface area contributed by atoms with Crippen LogP contribution in [-0.2, 0) is 13.0 Å². The highest BCUT2D eigenvalue weighted by Gasteiger charge is 2.18. The van der Waals surface area contributed by atoms with Crippen molar-refractivity contribution in [2.75, 3.05) is 7.11 Å². The standard InChI is InChI=1S/C19H16N2O4/c1-24-15-5-2-3-6-16(15)25-19(23)12-8-9-13-14(11-12)20-17-7-4-10-21(17)18(13)22/h2-3,5-6,8-9,11H,4,7,10H2,1H3. The summed E-state index contributed by atoms with van der Waals surface area (Å²) in [6, 6.07) is 11.8. The Morgan fingerprint density at radius 3 is 2.76 bits per heavy atom. The second-order valence-corrected chi connectivity index (χ2v) is 5.86. The molecule has 0 N–H and O–H groups in total. The number of nitrogens with zero attached hydrogens (tertiary/aromatic N) is 2. The first kappa shape index (κ1) is 15.4. The summed E-state index contributed by atoms with van der Waals surface area (Å²) in [6.07, 6.45) is 1.70. The molecule has 0 atom stereocenters. The van der Waals surface area contributed by atoms with E-state index in [-0.39, 0.29) is 5.56 Å². The topological polar surface area (TPSA) is 70.4 Å². The average molecular weight is 336 g/mol. The third-order valence-corrected chi connectivity index (χ3v) is 4.32. The molecule has 0 spiro atoms. The predicted octanol–water partition coefficient (Wildman–Crippen LogP) is 2.57. The number of hydrogen-bond acceptors (Lipinski definition) is 5. The molecule has 0 amide bonds. The van der Waals surface area contributed by atoms with E-state index in [1.54, 1.807) is 47.0 Å². The highest BCUT2D eigenvalue weighted by molar-refractivity contribution is 5.95. The van der Waals surface area contributed by atoms with Gasteiger partial charge in [-0.25, -0.2) is 9.78 Å². The van der Waals surface area contributed by atoms with Crippen LogP contribution in [0.5, 0.6) is 11.5 Å². The van der Waals surface area contributed by atoms with Crippen molar-refractivity contribution in [3.8, 4) is 11.5 Å². The minimum absolute atomic E-state index is 0.0536. The largest absolute Gasteiger partial charge is 0.493 e. The number of fused-ring (bicyclic) bond motifs is 2. The van der Waals surface area contributed by atoms with Crippen LogP contribution in [0.1, 0.15) is 22.6 Å². The zero-order valence-corrected chi connectivity index (χ0v) is 13.7. The number of benzene rings is 2. The van der Waals surface area contributed by atoms with Crippen molar-refractivity contribution < 1.29 is 14.3 Å². The van der Waals surface area contributed by atoms with Crippen LogP contribution in [0.15, 0.2) is 47.3 Å². The zero-order chi connectivity index (χ0) is 17.4. The number of aromatic nitrogens is 2. The maximum Gasteiger partial charge on any atom is 0.343 e. The summed E-state index contributed by atoms with van der Waals surface area (Å²) >= 11 is 0. The Bertz CT molecular complexity index is 1040. The lowest BCUT2D eigenvalue weighted by molar-refractivity contribution is 0.0730. The predicted molar refractivity (Wildman–Crippen MR) is 92.3 cm³/mol.